The van der Waals surface area contributed by atoms with Crippen LogP contribution in [0.5, 0.6) is 0 Å². The number of nitro benzene ring substituents is 1. The highest BCUT2D eigenvalue weighted by atomic mass is 16.6. The standard InChI is InChI=1S/C10H10N2O4.C10H11NO2/c11-10(13)16-7-1-2-8-3-5-9(6-4-8)12(14)15;11-10(12)13-8-4-7-9-5-2-1-3-6-9/h1-6H,7H2,(H2,11,13);1-7H,8H2,(H2,11,12). The zero-order valence-electron chi connectivity index (χ0n) is 15.5. The maximum absolute atomic E-state index is 10.4. The molecule has 0 fully saturated rings. The summed E-state index contributed by atoms with van der Waals surface area (Å²) in [5, 5.41) is 10.4. The monoisotopic (exact) mass is 399 g/mol. The number of nitrogens with zero attached hydrogens (tertiary/aromatic N) is 1. The van der Waals surface area contributed by atoms with Crippen molar-refractivity contribution in [2.75, 3.05) is 13.2 Å². The zero-order chi connectivity index (χ0) is 21.5. The predicted octanol–water partition coefficient (Wildman–Crippen LogP) is 3.50. The Morgan fingerprint density at radius 3 is 1.69 bits per heavy atom. The number of carbonyl (C=O) groups is 2. The van der Waals surface area contributed by atoms with Gasteiger partial charge >= 0.3 is 12.2 Å². The normalized spacial score (nSPS) is 10.2. The molecule has 0 atom stereocenters. The highest BCUT2D eigenvalue weighted by Gasteiger charge is 2.01. The third-order valence-electron chi connectivity index (χ3n) is 3.17. The minimum absolute atomic E-state index is 0.0329. The first-order chi connectivity index (χ1) is 13.9. The molecular weight excluding hydrogens is 378 g/mol. The topological polar surface area (TPSA) is 148 Å². The van der Waals surface area contributed by atoms with E-state index in [4.69, 9.17) is 11.5 Å². The lowest BCUT2D eigenvalue weighted by atomic mass is 10.2. The number of hydrogen-bond acceptors (Lipinski definition) is 6. The van der Waals surface area contributed by atoms with Crippen molar-refractivity contribution in [1.29, 1.82) is 0 Å². The number of ether oxygens (including phenoxy) is 2. The van der Waals surface area contributed by atoms with Gasteiger partial charge in [-0.25, -0.2) is 9.59 Å². The Kier molecular flexibility index (Phi) is 10.3. The van der Waals surface area contributed by atoms with E-state index in [2.05, 4.69) is 9.47 Å². The van der Waals surface area contributed by atoms with Crippen molar-refractivity contribution in [2.24, 2.45) is 11.5 Å². The molecule has 2 rings (SSSR count). The average molecular weight is 399 g/mol. The van der Waals surface area contributed by atoms with Crippen LogP contribution in [0.25, 0.3) is 12.2 Å². The Bertz CT molecular complexity index is 848. The number of nitro groups is 1. The van der Waals surface area contributed by atoms with Crippen molar-refractivity contribution in [3.05, 3.63) is 88.0 Å². The molecule has 2 amide bonds. The van der Waals surface area contributed by atoms with Crippen molar-refractivity contribution in [3.8, 4) is 0 Å². The number of carbonyl (C=O) groups excluding carboxylic acids is 2. The molecule has 29 heavy (non-hydrogen) atoms. The summed E-state index contributed by atoms with van der Waals surface area (Å²) in [6, 6.07) is 15.7. The third-order valence-corrected chi connectivity index (χ3v) is 3.17. The lowest BCUT2D eigenvalue weighted by Gasteiger charge is -1.95. The fourth-order valence-electron chi connectivity index (χ4n) is 1.90. The number of amides is 2. The van der Waals surface area contributed by atoms with Crippen molar-refractivity contribution >= 4 is 30.0 Å². The molecule has 9 nitrogen and oxygen atoms in total. The lowest BCUT2D eigenvalue weighted by Crippen LogP contribution is -2.12. The zero-order valence-corrected chi connectivity index (χ0v) is 15.5. The van der Waals surface area contributed by atoms with Gasteiger partial charge in [0.2, 0.25) is 0 Å². The molecule has 0 aliphatic heterocycles. The van der Waals surface area contributed by atoms with E-state index >= 15 is 0 Å². The molecular formula is C20H21N3O6. The second-order valence-corrected chi connectivity index (χ2v) is 5.32. The van der Waals surface area contributed by atoms with Gasteiger partial charge in [-0.1, -0.05) is 42.5 Å². The largest absolute Gasteiger partial charge is 0.445 e. The Balaban J connectivity index is 0.000000296. The van der Waals surface area contributed by atoms with Crippen LogP contribution in [0.2, 0.25) is 0 Å². The number of non-ortho nitro benzene ring substituents is 1. The van der Waals surface area contributed by atoms with Crippen molar-refractivity contribution in [3.63, 3.8) is 0 Å². The summed E-state index contributed by atoms with van der Waals surface area (Å²) in [5.41, 5.74) is 11.4. The van der Waals surface area contributed by atoms with Crippen LogP contribution in [-0.4, -0.2) is 30.3 Å². The van der Waals surface area contributed by atoms with E-state index in [0.717, 1.165) is 11.1 Å². The SMILES string of the molecule is NC(=O)OCC=Cc1ccc([N+](=O)[O-])cc1.NC(=O)OCC=Cc1ccccc1. The Morgan fingerprint density at radius 1 is 0.828 bits per heavy atom. The first-order valence-corrected chi connectivity index (χ1v) is 8.35. The van der Waals surface area contributed by atoms with Gasteiger partial charge in [-0.05, 0) is 35.4 Å². The van der Waals surface area contributed by atoms with Gasteiger partial charge in [-0.3, -0.25) is 10.1 Å². The van der Waals surface area contributed by atoms with Crippen LogP contribution in [0, 0.1) is 10.1 Å². The maximum Gasteiger partial charge on any atom is 0.404 e. The lowest BCUT2D eigenvalue weighted by molar-refractivity contribution is -0.384. The second-order valence-electron chi connectivity index (χ2n) is 5.32. The minimum atomic E-state index is -0.839. The first kappa shape index (κ1) is 22.9. The summed E-state index contributed by atoms with van der Waals surface area (Å²) in [7, 11) is 0. The van der Waals surface area contributed by atoms with Gasteiger partial charge in [0, 0.05) is 12.1 Å². The van der Waals surface area contributed by atoms with Gasteiger partial charge in [0.15, 0.2) is 0 Å². The Labute approximate surface area is 167 Å². The highest BCUT2D eigenvalue weighted by Crippen LogP contribution is 2.12. The van der Waals surface area contributed by atoms with Crippen LogP contribution in [0.1, 0.15) is 11.1 Å². The molecule has 0 aromatic heterocycles. The molecule has 0 bridgehead atoms. The van der Waals surface area contributed by atoms with E-state index in [0.29, 0.717) is 0 Å². The summed E-state index contributed by atoms with van der Waals surface area (Å²) in [5.74, 6) is 0. The smallest absolute Gasteiger partial charge is 0.404 e. The number of hydrogen-bond donors (Lipinski definition) is 2. The molecule has 0 aliphatic carbocycles. The van der Waals surface area contributed by atoms with Crippen LogP contribution in [0.3, 0.4) is 0 Å². The molecule has 2 aromatic rings. The van der Waals surface area contributed by atoms with Crippen LogP contribution in [0.15, 0.2) is 66.7 Å². The van der Waals surface area contributed by atoms with Gasteiger partial charge in [-0.15, -0.1) is 0 Å². The van der Waals surface area contributed by atoms with Gasteiger partial charge in [0.25, 0.3) is 5.69 Å². The molecule has 9 heteroatoms. The molecule has 152 valence electrons. The number of rotatable bonds is 7. The van der Waals surface area contributed by atoms with Gasteiger partial charge in [0.1, 0.15) is 13.2 Å². The van der Waals surface area contributed by atoms with Crippen LogP contribution in [0.4, 0.5) is 15.3 Å². The predicted molar refractivity (Wildman–Crippen MR) is 109 cm³/mol. The molecule has 0 radical (unpaired) electrons. The summed E-state index contributed by atoms with van der Waals surface area (Å²) in [6.45, 7) is 0.288. The quantitative estimate of drug-likeness (QED) is 0.538. The third kappa shape index (κ3) is 11.2. The number of nitrogens with two attached hydrogens (primary N) is 2. The minimum Gasteiger partial charge on any atom is -0.445 e. The van der Waals surface area contributed by atoms with Crippen LogP contribution >= 0.6 is 0 Å². The van der Waals surface area contributed by atoms with Crippen LogP contribution in [-0.2, 0) is 9.47 Å². The fourth-order valence-corrected chi connectivity index (χ4v) is 1.90. The first-order valence-electron chi connectivity index (χ1n) is 8.35. The van der Waals surface area contributed by atoms with Gasteiger partial charge in [-0.2, -0.15) is 0 Å². The molecule has 2 aromatic carbocycles. The van der Waals surface area contributed by atoms with E-state index in [9.17, 15) is 19.7 Å². The van der Waals surface area contributed by atoms with Crippen molar-refractivity contribution in [2.45, 2.75) is 0 Å². The Morgan fingerprint density at radius 2 is 1.28 bits per heavy atom. The summed E-state index contributed by atoms with van der Waals surface area (Å²) < 4.78 is 8.98. The van der Waals surface area contributed by atoms with E-state index in [-0.39, 0.29) is 18.9 Å². The molecule has 0 unspecified atom stereocenters. The van der Waals surface area contributed by atoms with Gasteiger partial charge < -0.3 is 20.9 Å². The van der Waals surface area contributed by atoms with E-state index < -0.39 is 17.1 Å². The molecule has 0 heterocycles. The van der Waals surface area contributed by atoms with Crippen molar-refractivity contribution in [1.82, 2.24) is 0 Å². The highest BCUT2D eigenvalue weighted by molar-refractivity contribution is 5.65. The second kappa shape index (κ2) is 13.1. The Hall–Kier alpha value is -4.14. The fraction of sp³-hybridized carbons (Fsp3) is 0.100. The van der Waals surface area contributed by atoms with E-state index in [1.807, 2.05) is 36.4 Å². The molecule has 0 saturated carbocycles. The maximum atomic E-state index is 10.4. The number of primary amides is 2. The number of benzene rings is 2. The van der Waals surface area contributed by atoms with Crippen LogP contribution < -0.4 is 11.5 Å². The summed E-state index contributed by atoms with van der Waals surface area (Å²) >= 11 is 0. The molecule has 0 aliphatic rings. The van der Waals surface area contributed by atoms with E-state index in [1.54, 1.807) is 30.4 Å². The average Bonchev–Trinajstić information content (AvgIpc) is 2.70. The van der Waals surface area contributed by atoms with Gasteiger partial charge in [0.05, 0.1) is 4.92 Å². The van der Waals surface area contributed by atoms with E-state index in [1.165, 1.54) is 12.1 Å². The molecule has 0 spiro atoms. The summed E-state index contributed by atoms with van der Waals surface area (Å²) in [6.07, 6.45) is 5.27. The molecule has 0 saturated heterocycles. The summed E-state index contributed by atoms with van der Waals surface area (Å²) in [4.78, 5) is 30.3. The molecule has 4 N–H and O–H groups in total. The van der Waals surface area contributed by atoms with Crippen molar-refractivity contribution < 1.29 is 24.0 Å².